The highest BCUT2D eigenvalue weighted by molar-refractivity contribution is 5.96. The lowest BCUT2D eigenvalue weighted by Gasteiger charge is -2.33. The van der Waals surface area contributed by atoms with E-state index in [1.54, 1.807) is 0 Å². The van der Waals surface area contributed by atoms with E-state index in [2.05, 4.69) is 0 Å². The molecule has 1 atom stereocenters. The topological polar surface area (TPSA) is 49.8 Å². The highest BCUT2D eigenvalue weighted by Gasteiger charge is 2.28. The smallest absolute Gasteiger partial charge is 0.231 e. The van der Waals surface area contributed by atoms with Crippen molar-refractivity contribution in [3.05, 3.63) is 59.2 Å². The molecule has 1 N–H and O–H groups in total. The van der Waals surface area contributed by atoms with Crippen LogP contribution in [0.4, 0.5) is 5.69 Å². The van der Waals surface area contributed by atoms with Crippen LogP contribution in [0.1, 0.15) is 36.1 Å². The third-order valence-corrected chi connectivity index (χ3v) is 4.41. The second-order valence-electron chi connectivity index (χ2n) is 6.12. The van der Waals surface area contributed by atoms with Crippen LogP contribution >= 0.6 is 0 Å². The molecule has 0 radical (unpaired) electrons. The van der Waals surface area contributed by atoms with E-state index < -0.39 is 6.10 Å². The Morgan fingerprint density at radius 2 is 2.00 bits per heavy atom. The lowest BCUT2D eigenvalue weighted by atomic mass is 9.95. The second kappa shape index (κ2) is 7.05. The highest BCUT2D eigenvalue weighted by Crippen LogP contribution is 2.36. The molecule has 1 amide bonds. The molecule has 0 aromatic heterocycles. The average molecular weight is 325 g/mol. The molecule has 126 valence electrons. The van der Waals surface area contributed by atoms with Crippen LogP contribution in [0.2, 0.25) is 0 Å². The number of aryl methyl sites for hydroxylation is 1. The van der Waals surface area contributed by atoms with Crippen LogP contribution in [-0.4, -0.2) is 24.2 Å². The third-order valence-electron chi connectivity index (χ3n) is 4.41. The van der Waals surface area contributed by atoms with Gasteiger partial charge in [-0.05, 0) is 43.5 Å². The number of rotatable bonds is 4. The molecule has 2 aromatic carbocycles. The Morgan fingerprint density at radius 3 is 2.71 bits per heavy atom. The minimum Gasteiger partial charge on any atom is -0.494 e. The van der Waals surface area contributed by atoms with Gasteiger partial charge in [-0.15, -0.1) is 0 Å². The molecule has 0 saturated heterocycles. The SMILES string of the molecule is CCOc1ccc(CC(=O)N2CCC(O)c3cccc(C)c32)cc1. The van der Waals surface area contributed by atoms with E-state index in [0.29, 0.717) is 26.0 Å². The van der Waals surface area contributed by atoms with E-state index in [4.69, 9.17) is 4.74 Å². The quantitative estimate of drug-likeness (QED) is 0.937. The maximum Gasteiger partial charge on any atom is 0.231 e. The van der Waals surface area contributed by atoms with Gasteiger partial charge in [0.2, 0.25) is 5.91 Å². The Kier molecular flexibility index (Phi) is 4.86. The van der Waals surface area contributed by atoms with E-state index in [9.17, 15) is 9.90 Å². The van der Waals surface area contributed by atoms with Crippen molar-refractivity contribution in [2.24, 2.45) is 0 Å². The van der Waals surface area contributed by atoms with Gasteiger partial charge in [0.25, 0.3) is 0 Å². The number of aliphatic hydroxyl groups excluding tert-OH is 1. The fourth-order valence-corrected chi connectivity index (χ4v) is 3.23. The van der Waals surface area contributed by atoms with E-state index in [1.807, 2.05) is 61.2 Å². The molecule has 4 nitrogen and oxygen atoms in total. The van der Waals surface area contributed by atoms with Crippen molar-refractivity contribution in [2.75, 3.05) is 18.1 Å². The molecule has 1 aliphatic heterocycles. The lowest BCUT2D eigenvalue weighted by molar-refractivity contribution is -0.118. The Bertz CT molecular complexity index is 724. The van der Waals surface area contributed by atoms with Gasteiger partial charge in [0.15, 0.2) is 0 Å². The van der Waals surface area contributed by atoms with Crippen molar-refractivity contribution in [3.63, 3.8) is 0 Å². The summed E-state index contributed by atoms with van der Waals surface area (Å²) < 4.78 is 5.43. The fourth-order valence-electron chi connectivity index (χ4n) is 3.23. The average Bonchev–Trinajstić information content (AvgIpc) is 2.58. The van der Waals surface area contributed by atoms with Crippen LogP contribution in [0.25, 0.3) is 0 Å². The van der Waals surface area contributed by atoms with Crippen molar-refractivity contribution >= 4 is 11.6 Å². The molecule has 0 fully saturated rings. The molecule has 2 aromatic rings. The summed E-state index contributed by atoms with van der Waals surface area (Å²) in [6, 6.07) is 13.5. The van der Waals surface area contributed by atoms with Crippen LogP contribution < -0.4 is 9.64 Å². The van der Waals surface area contributed by atoms with Gasteiger partial charge in [-0.3, -0.25) is 4.79 Å². The van der Waals surface area contributed by atoms with Gasteiger partial charge >= 0.3 is 0 Å². The normalized spacial score (nSPS) is 16.6. The van der Waals surface area contributed by atoms with Crippen LogP contribution in [-0.2, 0) is 11.2 Å². The number of carbonyl (C=O) groups is 1. The number of aliphatic hydroxyl groups is 1. The summed E-state index contributed by atoms with van der Waals surface area (Å²) in [5, 5.41) is 10.2. The molecule has 1 unspecified atom stereocenters. The fraction of sp³-hybridized carbons (Fsp3) is 0.350. The maximum atomic E-state index is 12.8. The van der Waals surface area contributed by atoms with Gasteiger partial charge in [0.05, 0.1) is 24.8 Å². The predicted molar refractivity (Wildman–Crippen MR) is 94.4 cm³/mol. The van der Waals surface area contributed by atoms with Crippen molar-refractivity contribution in [2.45, 2.75) is 32.8 Å². The standard InChI is InChI=1S/C20H23NO3/c1-3-24-16-9-7-15(8-10-16)13-19(23)21-12-11-18(22)17-6-4-5-14(2)20(17)21/h4-10,18,22H,3,11-13H2,1-2H3. The summed E-state index contributed by atoms with van der Waals surface area (Å²) in [5.41, 5.74) is 3.70. The molecule has 4 heteroatoms. The Balaban J connectivity index is 1.80. The Hall–Kier alpha value is -2.33. The maximum absolute atomic E-state index is 12.8. The summed E-state index contributed by atoms with van der Waals surface area (Å²) in [6.45, 7) is 5.11. The summed E-state index contributed by atoms with van der Waals surface area (Å²) in [7, 11) is 0. The Labute approximate surface area is 142 Å². The molecular formula is C20H23NO3. The number of hydrogen-bond donors (Lipinski definition) is 1. The van der Waals surface area contributed by atoms with Crippen molar-refractivity contribution < 1.29 is 14.6 Å². The number of carbonyl (C=O) groups excluding carboxylic acids is 1. The zero-order valence-corrected chi connectivity index (χ0v) is 14.2. The highest BCUT2D eigenvalue weighted by atomic mass is 16.5. The monoisotopic (exact) mass is 325 g/mol. The summed E-state index contributed by atoms with van der Waals surface area (Å²) >= 11 is 0. The van der Waals surface area contributed by atoms with Gasteiger partial charge in [0, 0.05) is 12.1 Å². The summed E-state index contributed by atoms with van der Waals surface area (Å²) in [5.74, 6) is 0.873. The van der Waals surface area contributed by atoms with Gasteiger partial charge in [-0.2, -0.15) is 0 Å². The van der Waals surface area contributed by atoms with Crippen LogP contribution in [0.3, 0.4) is 0 Å². The number of hydrogen-bond acceptors (Lipinski definition) is 3. The summed E-state index contributed by atoms with van der Waals surface area (Å²) in [4.78, 5) is 14.6. The first-order chi connectivity index (χ1) is 11.6. The first kappa shape index (κ1) is 16.5. The molecular weight excluding hydrogens is 302 g/mol. The first-order valence-corrected chi connectivity index (χ1v) is 8.40. The molecule has 0 saturated carbocycles. The second-order valence-corrected chi connectivity index (χ2v) is 6.12. The van der Waals surface area contributed by atoms with Gasteiger partial charge in [-0.25, -0.2) is 0 Å². The zero-order valence-electron chi connectivity index (χ0n) is 14.2. The minimum absolute atomic E-state index is 0.0570. The van der Waals surface area contributed by atoms with Crippen molar-refractivity contribution in [1.82, 2.24) is 0 Å². The van der Waals surface area contributed by atoms with Gasteiger partial charge < -0.3 is 14.7 Å². The largest absolute Gasteiger partial charge is 0.494 e. The van der Waals surface area contributed by atoms with E-state index in [1.165, 1.54) is 0 Å². The molecule has 24 heavy (non-hydrogen) atoms. The third kappa shape index (κ3) is 3.29. The van der Waals surface area contributed by atoms with E-state index in [-0.39, 0.29) is 5.91 Å². The molecule has 0 spiro atoms. The van der Waals surface area contributed by atoms with Gasteiger partial charge in [-0.1, -0.05) is 30.3 Å². The molecule has 0 bridgehead atoms. The van der Waals surface area contributed by atoms with Gasteiger partial charge in [0.1, 0.15) is 5.75 Å². The van der Waals surface area contributed by atoms with Crippen molar-refractivity contribution in [1.29, 1.82) is 0 Å². The van der Waals surface area contributed by atoms with Crippen LogP contribution in [0.15, 0.2) is 42.5 Å². The molecule has 0 aliphatic carbocycles. The van der Waals surface area contributed by atoms with Crippen LogP contribution in [0, 0.1) is 6.92 Å². The predicted octanol–water partition coefficient (Wildman–Crippen LogP) is 3.41. The number of para-hydroxylation sites is 1. The molecule has 1 aliphatic rings. The van der Waals surface area contributed by atoms with Crippen molar-refractivity contribution in [3.8, 4) is 5.75 Å². The van der Waals surface area contributed by atoms with Crippen LogP contribution in [0.5, 0.6) is 5.75 Å². The minimum atomic E-state index is -0.491. The molecule has 3 rings (SSSR count). The summed E-state index contributed by atoms with van der Waals surface area (Å²) in [6.07, 6.45) is 0.427. The van der Waals surface area contributed by atoms with E-state index in [0.717, 1.165) is 28.1 Å². The zero-order chi connectivity index (χ0) is 17.1. The number of amides is 1. The number of fused-ring (bicyclic) bond motifs is 1. The number of benzene rings is 2. The molecule has 1 heterocycles. The van der Waals surface area contributed by atoms with E-state index >= 15 is 0 Å². The first-order valence-electron chi connectivity index (χ1n) is 8.40. The number of anilines is 1. The Morgan fingerprint density at radius 1 is 1.25 bits per heavy atom. The lowest BCUT2D eigenvalue weighted by Crippen LogP contribution is -2.38. The number of ether oxygens (including phenoxy) is 1. The number of nitrogens with zero attached hydrogens (tertiary/aromatic N) is 1.